The van der Waals surface area contributed by atoms with Gasteiger partial charge in [-0.25, -0.2) is 8.42 Å². The third kappa shape index (κ3) is 3.82. The molecular formula is C17H33NO2S. The molecule has 2 saturated carbocycles. The first kappa shape index (κ1) is 17.3. The normalized spacial score (nSPS) is 38.6. The van der Waals surface area contributed by atoms with Crippen LogP contribution in [0.2, 0.25) is 0 Å². The lowest BCUT2D eigenvalue weighted by Crippen LogP contribution is -2.50. The van der Waals surface area contributed by atoms with E-state index in [-0.39, 0.29) is 16.5 Å². The lowest BCUT2D eigenvalue weighted by atomic mass is 9.79. The maximum atomic E-state index is 13.2. The zero-order valence-corrected chi connectivity index (χ0v) is 15.0. The molecule has 2 rings (SSSR count). The van der Waals surface area contributed by atoms with E-state index in [0.29, 0.717) is 17.8 Å². The van der Waals surface area contributed by atoms with Crippen molar-refractivity contribution in [2.24, 2.45) is 17.8 Å². The zero-order chi connectivity index (χ0) is 15.6. The van der Waals surface area contributed by atoms with Crippen molar-refractivity contribution in [2.45, 2.75) is 82.3 Å². The van der Waals surface area contributed by atoms with Crippen LogP contribution in [0.25, 0.3) is 0 Å². The van der Waals surface area contributed by atoms with Gasteiger partial charge < -0.3 is 5.32 Å². The van der Waals surface area contributed by atoms with Gasteiger partial charge in [-0.1, -0.05) is 33.6 Å². The first-order valence-electron chi connectivity index (χ1n) is 8.76. The summed E-state index contributed by atoms with van der Waals surface area (Å²) in [6.45, 7) is 6.67. The molecule has 0 radical (unpaired) electrons. The molecule has 0 heterocycles. The summed E-state index contributed by atoms with van der Waals surface area (Å²) < 4.78 is 26.4. The Morgan fingerprint density at radius 2 is 1.76 bits per heavy atom. The van der Waals surface area contributed by atoms with Crippen LogP contribution < -0.4 is 5.32 Å². The standard InChI is InChI=1S/C17H33NO2S/c1-12(2)14-8-9-16(18-4)17(11-14)21(19,20)15-7-5-6-13(3)10-15/h12-18H,5-11H2,1-4H3. The van der Waals surface area contributed by atoms with E-state index in [1.54, 1.807) is 0 Å². The third-order valence-corrected chi connectivity index (χ3v) is 8.64. The van der Waals surface area contributed by atoms with E-state index in [1.807, 2.05) is 7.05 Å². The van der Waals surface area contributed by atoms with Crippen molar-refractivity contribution in [3.63, 3.8) is 0 Å². The Labute approximate surface area is 131 Å². The van der Waals surface area contributed by atoms with Crippen molar-refractivity contribution in [3.05, 3.63) is 0 Å². The fourth-order valence-corrected chi connectivity index (χ4v) is 7.21. The molecule has 5 unspecified atom stereocenters. The Morgan fingerprint density at radius 3 is 2.33 bits per heavy atom. The highest BCUT2D eigenvalue weighted by Crippen LogP contribution is 2.38. The van der Waals surface area contributed by atoms with Crippen molar-refractivity contribution in [2.75, 3.05) is 7.05 Å². The lowest BCUT2D eigenvalue weighted by Gasteiger charge is -2.40. The molecule has 4 heteroatoms. The van der Waals surface area contributed by atoms with Crippen molar-refractivity contribution in [3.8, 4) is 0 Å². The minimum Gasteiger partial charge on any atom is -0.316 e. The molecule has 0 amide bonds. The summed E-state index contributed by atoms with van der Waals surface area (Å²) in [5, 5.41) is 3.03. The molecule has 0 aliphatic heterocycles. The van der Waals surface area contributed by atoms with Gasteiger partial charge in [0.1, 0.15) is 0 Å². The van der Waals surface area contributed by atoms with Crippen LogP contribution in [-0.2, 0) is 9.84 Å². The van der Waals surface area contributed by atoms with Crippen molar-refractivity contribution < 1.29 is 8.42 Å². The maximum Gasteiger partial charge on any atom is 0.157 e. The molecule has 2 aliphatic rings. The van der Waals surface area contributed by atoms with Crippen LogP contribution in [0.3, 0.4) is 0 Å². The van der Waals surface area contributed by atoms with Gasteiger partial charge in [0.15, 0.2) is 9.84 Å². The van der Waals surface area contributed by atoms with Gasteiger partial charge in [-0.15, -0.1) is 0 Å². The van der Waals surface area contributed by atoms with Crippen LogP contribution in [0.1, 0.15) is 65.7 Å². The molecule has 21 heavy (non-hydrogen) atoms. The van der Waals surface area contributed by atoms with E-state index in [4.69, 9.17) is 0 Å². The van der Waals surface area contributed by atoms with Crippen molar-refractivity contribution >= 4 is 9.84 Å². The molecule has 0 aromatic heterocycles. The van der Waals surface area contributed by atoms with E-state index in [1.165, 1.54) is 6.42 Å². The smallest absolute Gasteiger partial charge is 0.157 e. The molecule has 2 fully saturated rings. The van der Waals surface area contributed by atoms with Crippen LogP contribution in [0, 0.1) is 17.8 Å². The summed E-state index contributed by atoms with van der Waals surface area (Å²) in [6, 6.07) is 0.155. The second kappa shape index (κ2) is 6.99. The molecule has 1 N–H and O–H groups in total. The lowest BCUT2D eigenvalue weighted by molar-refractivity contribution is 0.244. The zero-order valence-electron chi connectivity index (χ0n) is 14.1. The minimum absolute atomic E-state index is 0.0898. The van der Waals surface area contributed by atoms with Crippen LogP contribution in [0.15, 0.2) is 0 Å². The Bertz CT molecular complexity index is 432. The van der Waals surface area contributed by atoms with E-state index >= 15 is 0 Å². The fourth-order valence-electron chi connectivity index (χ4n) is 4.38. The number of sulfone groups is 1. The minimum atomic E-state index is -3.01. The fraction of sp³-hybridized carbons (Fsp3) is 1.00. The molecule has 0 aromatic carbocycles. The quantitative estimate of drug-likeness (QED) is 0.865. The van der Waals surface area contributed by atoms with E-state index in [2.05, 4.69) is 26.1 Å². The maximum absolute atomic E-state index is 13.2. The number of hydrogen-bond donors (Lipinski definition) is 1. The molecule has 0 spiro atoms. The molecule has 5 atom stereocenters. The van der Waals surface area contributed by atoms with Gasteiger partial charge in [-0.2, -0.15) is 0 Å². The number of rotatable bonds is 4. The molecule has 0 saturated heterocycles. The highest BCUT2D eigenvalue weighted by atomic mass is 32.2. The average molecular weight is 316 g/mol. The van der Waals surface area contributed by atoms with Gasteiger partial charge in [-0.3, -0.25) is 0 Å². The summed E-state index contributed by atoms with van der Waals surface area (Å²) in [5.41, 5.74) is 0. The molecule has 3 nitrogen and oxygen atoms in total. The first-order chi connectivity index (χ1) is 9.86. The Kier molecular flexibility index (Phi) is 5.75. The second-order valence-corrected chi connectivity index (χ2v) is 10.2. The number of nitrogens with one attached hydrogen (secondary N) is 1. The van der Waals surface area contributed by atoms with Gasteiger partial charge >= 0.3 is 0 Å². The highest BCUT2D eigenvalue weighted by Gasteiger charge is 2.43. The molecule has 2 aliphatic carbocycles. The van der Waals surface area contributed by atoms with Crippen LogP contribution in [0.5, 0.6) is 0 Å². The predicted molar refractivity (Wildman–Crippen MR) is 89.2 cm³/mol. The molecule has 124 valence electrons. The molecular weight excluding hydrogens is 282 g/mol. The highest BCUT2D eigenvalue weighted by molar-refractivity contribution is 7.92. The van der Waals surface area contributed by atoms with E-state index in [9.17, 15) is 8.42 Å². The number of hydrogen-bond acceptors (Lipinski definition) is 3. The van der Waals surface area contributed by atoms with Gasteiger partial charge in [0, 0.05) is 6.04 Å². The van der Waals surface area contributed by atoms with E-state index < -0.39 is 9.84 Å². The average Bonchev–Trinajstić information content (AvgIpc) is 2.46. The largest absolute Gasteiger partial charge is 0.316 e. The Balaban J connectivity index is 2.18. The molecule has 0 bridgehead atoms. The Morgan fingerprint density at radius 1 is 1.05 bits per heavy atom. The summed E-state index contributed by atoms with van der Waals surface area (Å²) >= 11 is 0. The molecule has 0 aromatic rings. The van der Waals surface area contributed by atoms with Crippen LogP contribution in [-0.4, -0.2) is 32.0 Å². The van der Waals surface area contributed by atoms with Gasteiger partial charge in [0.05, 0.1) is 10.5 Å². The summed E-state index contributed by atoms with van der Waals surface area (Å²) in [4.78, 5) is 0. The summed E-state index contributed by atoms with van der Waals surface area (Å²) in [7, 11) is -1.09. The Hall–Kier alpha value is -0.0900. The SMILES string of the molecule is CNC1CCC(C(C)C)CC1S(=O)(=O)C1CCCC(C)C1. The van der Waals surface area contributed by atoms with Gasteiger partial charge in [-0.05, 0) is 56.9 Å². The third-order valence-electron chi connectivity index (χ3n) is 5.92. The summed E-state index contributed by atoms with van der Waals surface area (Å²) in [5.74, 6) is 1.72. The summed E-state index contributed by atoms with van der Waals surface area (Å²) in [6.07, 6.45) is 7.06. The van der Waals surface area contributed by atoms with E-state index in [0.717, 1.165) is 38.5 Å². The van der Waals surface area contributed by atoms with Crippen LogP contribution >= 0.6 is 0 Å². The van der Waals surface area contributed by atoms with Gasteiger partial charge in [0.2, 0.25) is 0 Å². The van der Waals surface area contributed by atoms with Crippen molar-refractivity contribution in [1.29, 1.82) is 0 Å². The predicted octanol–water partition coefficient (Wildman–Crippen LogP) is 3.39. The van der Waals surface area contributed by atoms with Crippen LogP contribution in [0.4, 0.5) is 0 Å². The first-order valence-corrected chi connectivity index (χ1v) is 10.4. The topological polar surface area (TPSA) is 46.2 Å². The second-order valence-electron chi connectivity index (χ2n) is 7.73. The monoisotopic (exact) mass is 315 g/mol. The van der Waals surface area contributed by atoms with Crippen molar-refractivity contribution in [1.82, 2.24) is 5.32 Å². The van der Waals surface area contributed by atoms with Gasteiger partial charge in [0.25, 0.3) is 0 Å².